The molecule has 132 valence electrons. The molecule has 0 aliphatic carbocycles. The molecule has 9 heteroatoms. The Balaban J connectivity index is 2.17. The average Bonchev–Trinajstić information content (AvgIpc) is 2.82. The van der Waals surface area contributed by atoms with Crippen molar-refractivity contribution in [1.29, 1.82) is 0 Å². The monoisotopic (exact) mass is 416 g/mol. The van der Waals surface area contributed by atoms with Gasteiger partial charge in [-0.2, -0.15) is 0 Å². The number of benzene rings is 1. The predicted octanol–water partition coefficient (Wildman–Crippen LogP) is 2.56. The molecule has 8 nitrogen and oxygen atoms in total. The van der Waals surface area contributed by atoms with Crippen LogP contribution in [0.3, 0.4) is 0 Å². The fraction of sp³-hybridized carbons (Fsp3) is 0.118. The standard InChI is InChI=1S/C17H13BrN4O4/c1-8(23)20-11-4-5-12(21-9(2)24)15-14(11)16(25)22(17(15)26)10-3-6-13(18)19-7-10/h3-7H,1-2H3,(H,20,23)(H,21,24). The minimum atomic E-state index is -0.606. The van der Waals surface area contributed by atoms with Crippen molar-refractivity contribution in [2.24, 2.45) is 0 Å². The lowest BCUT2D eigenvalue weighted by Crippen LogP contribution is -2.29. The van der Waals surface area contributed by atoms with Crippen LogP contribution >= 0.6 is 15.9 Å². The summed E-state index contributed by atoms with van der Waals surface area (Å²) in [6.07, 6.45) is 1.38. The number of aromatic nitrogens is 1. The van der Waals surface area contributed by atoms with E-state index in [-0.39, 0.29) is 40.0 Å². The van der Waals surface area contributed by atoms with E-state index in [1.54, 1.807) is 12.1 Å². The molecule has 0 unspecified atom stereocenters. The SMILES string of the molecule is CC(=O)Nc1ccc(NC(C)=O)c2c1C(=O)N(c1ccc(Br)nc1)C2=O. The summed E-state index contributed by atoms with van der Waals surface area (Å²) in [5.41, 5.74) is 0.737. The topological polar surface area (TPSA) is 108 Å². The zero-order valence-electron chi connectivity index (χ0n) is 13.8. The number of imide groups is 1. The summed E-state index contributed by atoms with van der Waals surface area (Å²) in [5.74, 6) is -1.98. The molecule has 2 aromatic rings. The zero-order chi connectivity index (χ0) is 19.0. The summed E-state index contributed by atoms with van der Waals surface area (Å²) in [6.45, 7) is 2.59. The van der Waals surface area contributed by atoms with Gasteiger partial charge in [0.1, 0.15) is 4.60 Å². The van der Waals surface area contributed by atoms with Crippen LogP contribution in [0.5, 0.6) is 0 Å². The van der Waals surface area contributed by atoms with Gasteiger partial charge in [-0.15, -0.1) is 0 Å². The van der Waals surface area contributed by atoms with E-state index in [0.717, 1.165) is 4.90 Å². The highest BCUT2D eigenvalue weighted by Crippen LogP contribution is 2.37. The van der Waals surface area contributed by atoms with E-state index < -0.39 is 11.8 Å². The fourth-order valence-corrected chi connectivity index (χ4v) is 2.92. The van der Waals surface area contributed by atoms with Gasteiger partial charge in [0.05, 0.1) is 34.4 Å². The molecular formula is C17H13BrN4O4. The van der Waals surface area contributed by atoms with E-state index in [9.17, 15) is 19.2 Å². The molecule has 0 saturated heterocycles. The Morgan fingerprint density at radius 2 is 1.42 bits per heavy atom. The summed E-state index contributed by atoms with van der Waals surface area (Å²) in [4.78, 5) is 53.8. The Hall–Kier alpha value is -3.07. The second-order valence-electron chi connectivity index (χ2n) is 5.56. The number of anilines is 3. The number of carbonyl (C=O) groups excluding carboxylic acids is 4. The summed E-state index contributed by atoms with van der Waals surface area (Å²) >= 11 is 3.20. The van der Waals surface area contributed by atoms with Crippen molar-refractivity contribution in [2.75, 3.05) is 15.5 Å². The van der Waals surface area contributed by atoms with E-state index in [0.29, 0.717) is 4.60 Å². The highest BCUT2D eigenvalue weighted by Gasteiger charge is 2.41. The quantitative estimate of drug-likeness (QED) is 0.590. The normalized spacial score (nSPS) is 12.8. The number of amides is 4. The molecule has 4 amide bonds. The molecule has 1 aliphatic heterocycles. The van der Waals surface area contributed by atoms with Crippen LogP contribution in [0.25, 0.3) is 0 Å². The van der Waals surface area contributed by atoms with E-state index in [1.165, 1.54) is 32.2 Å². The number of rotatable bonds is 3. The van der Waals surface area contributed by atoms with Crippen LogP contribution in [-0.2, 0) is 9.59 Å². The fourth-order valence-electron chi connectivity index (χ4n) is 2.69. The number of pyridine rings is 1. The summed E-state index contributed by atoms with van der Waals surface area (Å²) in [6, 6.07) is 6.11. The van der Waals surface area contributed by atoms with Crippen molar-refractivity contribution in [3.63, 3.8) is 0 Å². The summed E-state index contributed by atoms with van der Waals surface area (Å²) in [7, 11) is 0. The number of fused-ring (bicyclic) bond motifs is 1. The number of nitrogens with zero attached hydrogens (tertiary/aromatic N) is 2. The second-order valence-corrected chi connectivity index (χ2v) is 6.37. The van der Waals surface area contributed by atoms with Gasteiger partial charge in [0, 0.05) is 13.8 Å². The average molecular weight is 417 g/mol. The van der Waals surface area contributed by atoms with Crippen molar-refractivity contribution < 1.29 is 19.2 Å². The van der Waals surface area contributed by atoms with Crippen molar-refractivity contribution in [2.45, 2.75) is 13.8 Å². The molecule has 2 heterocycles. The molecule has 2 N–H and O–H groups in total. The van der Waals surface area contributed by atoms with Gasteiger partial charge in [0.25, 0.3) is 11.8 Å². The van der Waals surface area contributed by atoms with Crippen molar-refractivity contribution >= 4 is 56.6 Å². The second kappa shape index (κ2) is 6.68. The third kappa shape index (κ3) is 3.08. The van der Waals surface area contributed by atoms with Gasteiger partial charge < -0.3 is 10.6 Å². The van der Waals surface area contributed by atoms with E-state index in [2.05, 4.69) is 31.5 Å². The minimum Gasteiger partial charge on any atom is -0.326 e. The molecular weight excluding hydrogens is 404 g/mol. The number of halogens is 1. The molecule has 0 fully saturated rings. The lowest BCUT2D eigenvalue weighted by Gasteiger charge is -2.13. The van der Waals surface area contributed by atoms with Crippen LogP contribution in [0, 0.1) is 0 Å². The molecule has 3 rings (SSSR count). The van der Waals surface area contributed by atoms with Gasteiger partial charge in [-0.05, 0) is 40.2 Å². The van der Waals surface area contributed by atoms with Gasteiger partial charge in [-0.3, -0.25) is 19.2 Å². The number of nitrogens with one attached hydrogen (secondary N) is 2. The molecule has 0 atom stereocenters. The van der Waals surface area contributed by atoms with Crippen LogP contribution in [0.4, 0.5) is 17.1 Å². The van der Waals surface area contributed by atoms with Gasteiger partial charge in [0.2, 0.25) is 11.8 Å². The van der Waals surface area contributed by atoms with E-state index >= 15 is 0 Å². The maximum absolute atomic E-state index is 12.9. The number of carbonyl (C=O) groups is 4. The Morgan fingerprint density at radius 1 is 0.923 bits per heavy atom. The van der Waals surface area contributed by atoms with Crippen LogP contribution in [-0.4, -0.2) is 28.6 Å². The first kappa shape index (κ1) is 17.7. The zero-order valence-corrected chi connectivity index (χ0v) is 15.4. The summed E-state index contributed by atoms with van der Waals surface area (Å²) < 4.78 is 0.552. The lowest BCUT2D eigenvalue weighted by atomic mass is 10.0. The van der Waals surface area contributed by atoms with Crippen LogP contribution in [0.2, 0.25) is 0 Å². The first-order valence-electron chi connectivity index (χ1n) is 7.52. The highest BCUT2D eigenvalue weighted by atomic mass is 79.9. The molecule has 26 heavy (non-hydrogen) atoms. The first-order chi connectivity index (χ1) is 12.3. The Kier molecular flexibility index (Phi) is 4.56. The van der Waals surface area contributed by atoms with Crippen LogP contribution in [0.15, 0.2) is 35.1 Å². The van der Waals surface area contributed by atoms with E-state index in [4.69, 9.17) is 0 Å². The van der Waals surface area contributed by atoms with Gasteiger partial charge in [0.15, 0.2) is 0 Å². The molecule has 0 bridgehead atoms. The Labute approximate surface area is 156 Å². The largest absolute Gasteiger partial charge is 0.326 e. The summed E-state index contributed by atoms with van der Waals surface area (Å²) in [5, 5.41) is 5.09. The van der Waals surface area contributed by atoms with Gasteiger partial charge in [-0.1, -0.05) is 0 Å². The Bertz CT molecular complexity index is 901. The molecule has 0 radical (unpaired) electrons. The predicted molar refractivity (Wildman–Crippen MR) is 98.1 cm³/mol. The van der Waals surface area contributed by atoms with Crippen molar-refractivity contribution in [3.8, 4) is 0 Å². The van der Waals surface area contributed by atoms with Crippen molar-refractivity contribution in [1.82, 2.24) is 4.98 Å². The Morgan fingerprint density at radius 3 is 1.81 bits per heavy atom. The minimum absolute atomic E-state index is 0.0272. The van der Waals surface area contributed by atoms with E-state index in [1.807, 2.05) is 0 Å². The molecule has 0 saturated carbocycles. The molecule has 1 aliphatic rings. The van der Waals surface area contributed by atoms with Crippen molar-refractivity contribution in [3.05, 3.63) is 46.2 Å². The number of hydrogen-bond acceptors (Lipinski definition) is 5. The van der Waals surface area contributed by atoms with Crippen LogP contribution < -0.4 is 15.5 Å². The maximum atomic E-state index is 12.9. The van der Waals surface area contributed by atoms with Crippen LogP contribution in [0.1, 0.15) is 34.6 Å². The molecule has 1 aromatic carbocycles. The van der Waals surface area contributed by atoms with Gasteiger partial charge in [-0.25, -0.2) is 9.88 Å². The third-order valence-corrected chi connectivity index (χ3v) is 4.10. The number of hydrogen-bond donors (Lipinski definition) is 2. The van der Waals surface area contributed by atoms with Gasteiger partial charge >= 0.3 is 0 Å². The smallest absolute Gasteiger partial charge is 0.268 e. The highest BCUT2D eigenvalue weighted by molar-refractivity contribution is 9.10. The lowest BCUT2D eigenvalue weighted by molar-refractivity contribution is -0.115. The molecule has 0 spiro atoms. The molecule has 1 aromatic heterocycles. The third-order valence-electron chi connectivity index (χ3n) is 3.63. The maximum Gasteiger partial charge on any atom is 0.268 e. The first-order valence-corrected chi connectivity index (χ1v) is 8.31.